The minimum atomic E-state index is -3.73. The Kier molecular flexibility index (Phi) is 6.17. The summed E-state index contributed by atoms with van der Waals surface area (Å²) in [6, 6.07) is 13.8. The third-order valence-corrected chi connectivity index (χ3v) is 6.72. The van der Waals surface area contributed by atoms with Crippen molar-refractivity contribution in [3.8, 4) is 0 Å². The molecule has 1 aromatic heterocycles. The molecule has 0 radical (unpaired) electrons. The molecule has 0 aliphatic carbocycles. The number of sulfonamides is 1. The van der Waals surface area contributed by atoms with Crippen molar-refractivity contribution < 1.29 is 17.2 Å². The highest BCUT2D eigenvalue weighted by molar-refractivity contribution is 7.89. The maximum Gasteiger partial charge on any atom is 0.266 e. The summed E-state index contributed by atoms with van der Waals surface area (Å²) in [6.45, 7) is 1.71. The fourth-order valence-corrected chi connectivity index (χ4v) is 4.29. The zero-order valence-corrected chi connectivity index (χ0v) is 19.0. The summed E-state index contributed by atoms with van der Waals surface area (Å²) in [5, 5.41) is 6.25. The van der Waals surface area contributed by atoms with Crippen molar-refractivity contribution in [2.75, 3.05) is 35.7 Å². The molecule has 174 valence electrons. The van der Waals surface area contributed by atoms with Crippen LogP contribution in [0.5, 0.6) is 0 Å². The largest absolute Gasteiger partial charge is 0.364 e. The van der Waals surface area contributed by atoms with E-state index in [4.69, 9.17) is 0 Å². The van der Waals surface area contributed by atoms with E-state index in [1.165, 1.54) is 36.5 Å². The first-order valence-corrected chi connectivity index (χ1v) is 11.8. The first-order chi connectivity index (χ1) is 15.6. The van der Waals surface area contributed by atoms with Gasteiger partial charge in [-0.15, -0.1) is 0 Å². The SMILES string of the molecule is CNS(=O)(=O)c1ccc(N2CCC(F)(F)C2)c(Nc2cc(Nc3ccc(C)cc3)ncn2)c1. The molecule has 33 heavy (non-hydrogen) atoms. The first kappa shape index (κ1) is 22.9. The van der Waals surface area contributed by atoms with Gasteiger partial charge in [0.15, 0.2) is 0 Å². The third-order valence-electron chi connectivity index (χ3n) is 5.31. The van der Waals surface area contributed by atoms with Crippen LogP contribution in [-0.2, 0) is 10.0 Å². The summed E-state index contributed by atoms with van der Waals surface area (Å²) in [6.07, 6.45) is 1.10. The molecule has 1 fully saturated rings. The van der Waals surface area contributed by atoms with Crippen LogP contribution in [-0.4, -0.2) is 44.4 Å². The fraction of sp³-hybridized carbons (Fsp3) is 0.273. The van der Waals surface area contributed by atoms with Crippen molar-refractivity contribution in [3.05, 3.63) is 60.4 Å². The molecule has 2 aromatic carbocycles. The van der Waals surface area contributed by atoms with Gasteiger partial charge < -0.3 is 15.5 Å². The molecule has 3 aromatic rings. The number of aromatic nitrogens is 2. The van der Waals surface area contributed by atoms with Gasteiger partial charge >= 0.3 is 0 Å². The van der Waals surface area contributed by atoms with E-state index in [0.29, 0.717) is 23.0 Å². The summed E-state index contributed by atoms with van der Waals surface area (Å²) in [5.41, 5.74) is 2.78. The summed E-state index contributed by atoms with van der Waals surface area (Å²) >= 11 is 0. The van der Waals surface area contributed by atoms with Crippen molar-refractivity contribution >= 4 is 38.7 Å². The van der Waals surface area contributed by atoms with Gasteiger partial charge in [0.1, 0.15) is 18.0 Å². The van der Waals surface area contributed by atoms with Crippen molar-refractivity contribution in [1.29, 1.82) is 0 Å². The molecule has 2 heterocycles. The second kappa shape index (κ2) is 8.91. The van der Waals surface area contributed by atoms with Gasteiger partial charge in [-0.25, -0.2) is 31.9 Å². The molecule has 0 amide bonds. The second-order valence-electron chi connectivity index (χ2n) is 7.82. The molecular formula is C22H24F2N6O2S. The Hall–Kier alpha value is -3.31. The quantitative estimate of drug-likeness (QED) is 0.476. The van der Waals surface area contributed by atoms with Gasteiger partial charge in [0, 0.05) is 24.7 Å². The van der Waals surface area contributed by atoms with E-state index in [1.807, 2.05) is 31.2 Å². The van der Waals surface area contributed by atoms with Crippen molar-refractivity contribution in [2.24, 2.45) is 0 Å². The molecule has 0 spiro atoms. The summed E-state index contributed by atoms with van der Waals surface area (Å²) in [7, 11) is -2.42. The van der Waals surface area contributed by atoms with Crippen LogP contribution in [0.25, 0.3) is 0 Å². The van der Waals surface area contributed by atoms with Crippen LogP contribution in [0.2, 0.25) is 0 Å². The van der Waals surface area contributed by atoms with Crippen LogP contribution in [0, 0.1) is 6.92 Å². The van der Waals surface area contributed by atoms with Gasteiger partial charge in [-0.2, -0.15) is 0 Å². The second-order valence-corrected chi connectivity index (χ2v) is 9.71. The third kappa shape index (κ3) is 5.37. The lowest BCUT2D eigenvalue weighted by atomic mass is 10.2. The molecular weight excluding hydrogens is 450 g/mol. The molecule has 4 rings (SSSR count). The first-order valence-electron chi connectivity index (χ1n) is 10.3. The highest BCUT2D eigenvalue weighted by atomic mass is 32.2. The van der Waals surface area contributed by atoms with E-state index in [0.717, 1.165) is 11.3 Å². The molecule has 0 saturated carbocycles. The predicted molar refractivity (Wildman–Crippen MR) is 124 cm³/mol. The highest BCUT2D eigenvalue weighted by Crippen LogP contribution is 2.37. The molecule has 3 N–H and O–H groups in total. The van der Waals surface area contributed by atoms with Crippen LogP contribution in [0.4, 0.5) is 37.5 Å². The standard InChI is InChI=1S/C22H24F2N6O2S/c1-15-3-5-16(6-4-15)28-20-12-21(27-14-26-20)29-18-11-17(33(31,32)25-2)7-8-19(18)30-10-9-22(23,24)13-30/h3-8,11-12,14,25H,9-10,13H2,1-2H3,(H2,26,27,28,29). The van der Waals surface area contributed by atoms with Gasteiger partial charge in [-0.1, -0.05) is 17.7 Å². The number of benzene rings is 2. The molecule has 1 saturated heterocycles. The predicted octanol–water partition coefficient (Wildman–Crippen LogP) is 4.03. The number of nitrogens with zero attached hydrogens (tertiary/aromatic N) is 3. The Morgan fingerprint density at radius 2 is 1.70 bits per heavy atom. The Balaban J connectivity index is 1.65. The lowest BCUT2D eigenvalue weighted by molar-refractivity contribution is 0.0257. The number of halogens is 2. The number of alkyl halides is 2. The summed E-state index contributed by atoms with van der Waals surface area (Å²) in [4.78, 5) is 9.96. The van der Waals surface area contributed by atoms with E-state index in [2.05, 4.69) is 25.3 Å². The van der Waals surface area contributed by atoms with Crippen LogP contribution in [0.3, 0.4) is 0 Å². The monoisotopic (exact) mass is 474 g/mol. The van der Waals surface area contributed by atoms with Gasteiger partial charge in [-0.05, 0) is 44.3 Å². The number of anilines is 5. The van der Waals surface area contributed by atoms with E-state index in [9.17, 15) is 17.2 Å². The zero-order chi connectivity index (χ0) is 23.6. The van der Waals surface area contributed by atoms with Crippen LogP contribution < -0.4 is 20.3 Å². The van der Waals surface area contributed by atoms with Gasteiger partial charge in [0.05, 0.1) is 22.8 Å². The Morgan fingerprint density at radius 1 is 1.00 bits per heavy atom. The number of rotatable bonds is 7. The normalized spacial score (nSPS) is 15.5. The Morgan fingerprint density at radius 3 is 2.33 bits per heavy atom. The molecule has 0 bridgehead atoms. The summed E-state index contributed by atoms with van der Waals surface area (Å²) in [5.74, 6) is -1.90. The number of aryl methyl sites for hydroxylation is 1. The minimum Gasteiger partial charge on any atom is -0.364 e. The molecule has 1 aliphatic heterocycles. The number of hydrogen-bond donors (Lipinski definition) is 3. The van der Waals surface area contributed by atoms with E-state index in [1.54, 1.807) is 6.07 Å². The molecule has 0 atom stereocenters. The minimum absolute atomic E-state index is 0.00858. The topological polar surface area (TPSA) is 99.2 Å². The maximum absolute atomic E-state index is 13.8. The van der Waals surface area contributed by atoms with Crippen LogP contribution >= 0.6 is 0 Å². The highest BCUT2D eigenvalue weighted by Gasteiger charge is 2.39. The van der Waals surface area contributed by atoms with Gasteiger partial charge in [-0.3, -0.25) is 0 Å². The van der Waals surface area contributed by atoms with E-state index < -0.39 is 22.5 Å². The molecule has 1 aliphatic rings. The van der Waals surface area contributed by atoms with Gasteiger partial charge in [0.2, 0.25) is 10.0 Å². The average Bonchev–Trinajstić information content (AvgIpc) is 3.15. The van der Waals surface area contributed by atoms with E-state index >= 15 is 0 Å². The van der Waals surface area contributed by atoms with Crippen LogP contribution in [0.15, 0.2) is 59.8 Å². The fourth-order valence-electron chi connectivity index (χ4n) is 3.53. The number of nitrogens with one attached hydrogen (secondary N) is 3. The van der Waals surface area contributed by atoms with Crippen molar-refractivity contribution in [2.45, 2.75) is 24.2 Å². The van der Waals surface area contributed by atoms with Crippen LogP contribution in [0.1, 0.15) is 12.0 Å². The molecule has 0 unspecified atom stereocenters. The zero-order valence-electron chi connectivity index (χ0n) is 18.1. The summed E-state index contributed by atoms with van der Waals surface area (Å²) < 4.78 is 54.6. The van der Waals surface area contributed by atoms with Crippen molar-refractivity contribution in [1.82, 2.24) is 14.7 Å². The molecule has 11 heteroatoms. The lowest BCUT2D eigenvalue weighted by Crippen LogP contribution is -2.26. The smallest absolute Gasteiger partial charge is 0.266 e. The average molecular weight is 475 g/mol. The number of hydrogen-bond acceptors (Lipinski definition) is 7. The Labute approximate surface area is 191 Å². The molecule has 8 nitrogen and oxygen atoms in total. The van der Waals surface area contributed by atoms with Crippen molar-refractivity contribution in [3.63, 3.8) is 0 Å². The Bertz CT molecular complexity index is 1250. The van der Waals surface area contributed by atoms with Gasteiger partial charge in [0.25, 0.3) is 5.92 Å². The maximum atomic E-state index is 13.8. The van der Waals surface area contributed by atoms with E-state index in [-0.39, 0.29) is 17.9 Å². The lowest BCUT2D eigenvalue weighted by Gasteiger charge is -2.23.